The van der Waals surface area contributed by atoms with Gasteiger partial charge in [-0.15, -0.1) is 0 Å². The van der Waals surface area contributed by atoms with Crippen LogP contribution in [0.1, 0.15) is 40.5 Å². The van der Waals surface area contributed by atoms with E-state index in [0.29, 0.717) is 13.0 Å². The maximum absolute atomic E-state index is 12.1. The predicted molar refractivity (Wildman–Crippen MR) is 69.0 cm³/mol. The van der Waals surface area contributed by atoms with E-state index < -0.39 is 11.4 Å². The summed E-state index contributed by atoms with van der Waals surface area (Å²) >= 11 is 0. The third-order valence-electron chi connectivity index (χ3n) is 3.85. The molecule has 0 saturated carbocycles. The second kappa shape index (κ2) is 4.88. The number of hydrogen-bond acceptors (Lipinski definition) is 3. The number of carboxylic acid groups (broad SMARTS) is 1. The lowest BCUT2D eigenvalue weighted by molar-refractivity contribution is -0.147. The average Bonchev–Trinajstić information content (AvgIpc) is 2.61. The Morgan fingerprint density at radius 1 is 1.44 bits per heavy atom. The van der Waals surface area contributed by atoms with E-state index in [0.717, 1.165) is 0 Å². The molecular weight excluding hydrogens is 232 g/mol. The van der Waals surface area contributed by atoms with Crippen LogP contribution in [0.15, 0.2) is 0 Å². The lowest BCUT2D eigenvalue weighted by Gasteiger charge is -2.28. The number of carbonyl (C=O) groups is 2. The zero-order valence-corrected chi connectivity index (χ0v) is 11.7. The van der Waals surface area contributed by atoms with Crippen LogP contribution in [-0.4, -0.2) is 41.0 Å². The molecule has 1 rings (SSSR count). The van der Waals surface area contributed by atoms with Gasteiger partial charge in [-0.25, -0.2) is 0 Å². The summed E-state index contributed by atoms with van der Waals surface area (Å²) in [7, 11) is 0. The first-order chi connectivity index (χ1) is 8.06. The van der Waals surface area contributed by atoms with E-state index >= 15 is 0 Å². The topological polar surface area (TPSA) is 83.6 Å². The SMILES string of the molecule is CC1(C(=O)O)CCN(C(=O)CC(N)C(C)(C)C)C1. The molecule has 104 valence electrons. The molecule has 1 aliphatic heterocycles. The zero-order valence-electron chi connectivity index (χ0n) is 11.7. The standard InChI is InChI=1S/C13H24N2O3/c1-12(2,3)9(14)7-10(16)15-6-5-13(4,8-15)11(17)18/h9H,5-8,14H2,1-4H3,(H,17,18). The van der Waals surface area contributed by atoms with Gasteiger partial charge in [0.1, 0.15) is 0 Å². The Morgan fingerprint density at radius 2 is 2.00 bits per heavy atom. The maximum Gasteiger partial charge on any atom is 0.311 e. The molecule has 2 unspecified atom stereocenters. The lowest BCUT2D eigenvalue weighted by Crippen LogP contribution is -2.42. The minimum Gasteiger partial charge on any atom is -0.481 e. The van der Waals surface area contributed by atoms with Crippen molar-refractivity contribution in [2.75, 3.05) is 13.1 Å². The monoisotopic (exact) mass is 256 g/mol. The van der Waals surface area contributed by atoms with E-state index in [-0.39, 0.29) is 30.3 Å². The fourth-order valence-electron chi connectivity index (χ4n) is 1.97. The number of likely N-dealkylation sites (tertiary alicyclic amines) is 1. The quantitative estimate of drug-likeness (QED) is 0.791. The Hall–Kier alpha value is -1.10. The molecule has 1 amide bonds. The van der Waals surface area contributed by atoms with Crippen molar-refractivity contribution in [2.45, 2.75) is 46.6 Å². The highest BCUT2D eigenvalue weighted by molar-refractivity contribution is 5.80. The normalized spacial score (nSPS) is 26.2. The molecule has 1 heterocycles. The summed E-state index contributed by atoms with van der Waals surface area (Å²) < 4.78 is 0. The second-order valence-electron chi connectivity index (χ2n) is 6.61. The highest BCUT2D eigenvalue weighted by Gasteiger charge is 2.42. The van der Waals surface area contributed by atoms with E-state index in [2.05, 4.69) is 0 Å². The van der Waals surface area contributed by atoms with E-state index in [1.54, 1.807) is 11.8 Å². The Morgan fingerprint density at radius 3 is 2.39 bits per heavy atom. The molecule has 0 aromatic rings. The van der Waals surface area contributed by atoms with Gasteiger partial charge in [-0.05, 0) is 18.8 Å². The van der Waals surface area contributed by atoms with Gasteiger partial charge in [0, 0.05) is 25.6 Å². The van der Waals surface area contributed by atoms with Crippen LogP contribution in [0.4, 0.5) is 0 Å². The molecule has 1 fully saturated rings. The molecule has 1 aliphatic rings. The Balaban J connectivity index is 2.59. The van der Waals surface area contributed by atoms with Crippen LogP contribution in [0, 0.1) is 10.8 Å². The van der Waals surface area contributed by atoms with Crippen molar-refractivity contribution in [1.29, 1.82) is 0 Å². The van der Waals surface area contributed by atoms with Crippen molar-refractivity contribution in [2.24, 2.45) is 16.6 Å². The minimum atomic E-state index is -0.835. The molecule has 0 radical (unpaired) electrons. The highest BCUT2D eigenvalue weighted by atomic mass is 16.4. The number of carbonyl (C=O) groups excluding carboxylic acids is 1. The van der Waals surface area contributed by atoms with Gasteiger partial charge in [0.05, 0.1) is 5.41 Å². The molecule has 0 spiro atoms. The van der Waals surface area contributed by atoms with E-state index in [4.69, 9.17) is 10.8 Å². The first-order valence-electron chi connectivity index (χ1n) is 6.33. The van der Waals surface area contributed by atoms with Gasteiger partial charge in [0.25, 0.3) is 0 Å². The van der Waals surface area contributed by atoms with E-state index in [1.165, 1.54) is 0 Å². The molecule has 1 saturated heterocycles. The highest BCUT2D eigenvalue weighted by Crippen LogP contribution is 2.31. The summed E-state index contributed by atoms with van der Waals surface area (Å²) in [6, 6.07) is -0.207. The fraction of sp³-hybridized carbons (Fsp3) is 0.846. The molecule has 2 atom stereocenters. The van der Waals surface area contributed by atoms with Crippen LogP contribution >= 0.6 is 0 Å². The van der Waals surface area contributed by atoms with Crippen molar-refractivity contribution in [1.82, 2.24) is 4.90 Å². The molecule has 0 aromatic heterocycles. The predicted octanol–water partition coefficient (Wildman–Crippen LogP) is 1.07. The first-order valence-corrected chi connectivity index (χ1v) is 6.33. The molecule has 3 N–H and O–H groups in total. The maximum atomic E-state index is 12.1. The minimum absolute atomic E-state index is 0.0394. The molecule has 5 heteroatoms. The van der Waals surface area contributed by atoms with Gasteiger partial charge < -0.3 is 15.7 Å². The van der Waals surface area contributed by atoms with Gasteiger partial charge in [-0.1, -0.05) is 20.8 Å². The Kier molecular flexibility index (Phi) is 4.05. The molecular formula is C13H24N2O3. The summed E-state index contributed by atoms with van der Waals surface area (Å²) in [4.78, 5) is 24.8. The molecule has 0 aliphatic carbocycles. The number of rotatable bonds is 3. The number of nitrogens with two attached hydrogens (primary N) is 1. The largest absolute Gasteiger partial charge is 0.481 e. The number of carboxylic acids is 1. The number of hydrogen-bond donors (Lipinski definition) is 2. The zero-order chi connectivity index (χ0) is 14.1. The molecule has 0 bridgehead atoms. The summed E-state index contributed by atoms with van der Waals surface area (Å²) in [5.41, 5.74) is 5.06. The molecule has 5 nitrogen and oxygen atoms in total. The molecule has 0 aromatic carbocycles. The van der Waals surface area contributed by atoms with Crippen molar-refractivity contribution in [3.8, 4) is 0 Å². The lowest BCUT2D eigenvalue weighted by atomic mass is 9.85. The smallest absolute Gasteiger partial charge is 0.311 e. The summed E-state index contributed by atoms with van der Waals surface area (Å²) in [5, 5.41) is 9.12. The molecule has 18 heavy (non-hydrogen) atoms. The van der Waals surface area contributed by atoms with Crippen LogP contribution in [0.25, 0.3) is 0 Å². The summed E-state index contributed by atoms with van der Waals surface area (Å²) in [6.07, 6.45) is 0.790. The van der Waals surface area contributed by atoms with Crippen molar-refractivity contribution in [3.63, 3.8) is 0 Å². The van der Waals surface area contributed by atoms with Crippen molar-refractivity contribution in [3.05, 3.63) is 0 Å². The number of nitrogens with zero attached hydrogens (tertiary/aromatic N) is 1. The average molecular weight is 256 g/mol. The number of aliphatic carboxylic acids is 1. The second-order valence-corrected chi connectivity index (χ2v) is 6.61. The summed E-state index contributed by atoms with van der Waals surface area (Å²) in [5.74, 6) is -0.875. The number of amides is 1. The Labute approximate surface area is 108 Å². The van der Waals surface area contributed by atoms with Crippen molar-refractivity contribution < 1.29 is 14.7 Å². The van der Waals surface area contributed by atoms with Gasteiger partial charge in [0.2, 0.25) is 5.91 Å². The van der Waals surface area contributed by atoms with Crippen LogP contribution in [-0.2, 0) is 9.59 Å². The van der Waals surface area contributed by atoms with Crippen LogP contribution in [0.3, 0.4) is 0 Å². The Bertz CT molecular complexity index is 349. The van der Waals surface area contributed by atoms with Gasteiger partial charge in [-0.2, -0.15) is 0 Å². The van der Waals surface area contributed by atoms with Gasteiger partial charge in [0.15, 0.2) is 0 Å². The summed E-state index contributed by atoms with van der Waals surface area (Å²) in [6.45, 7) is 8.48. The van der Waals surface area contributed by atoms with Crippen LogP contribution < -0.4 is 5.73 Å². The van der Waals surface area contributed by atoms with Gasteiger partial charge in [-0.3, -0.25) is 9.59 Å². The fourth-order valence-corrected chi connectivity index (χ4v) is 1.97. The third kappa shape index (κ3) is 3.22. The van der Waals surface area contributed by atoms with E-state index in [1.807, 2.05) is 20.8 Å². The van der Waals surface area contributed by atoms with Gasteiger partial charge >= 0.3 is 5.97 Å². The van der Waals surface area contributed by atoms with Crippen LogP contribution in [0.2, 0.25) is 0 Å². The van der Waals surface area contributed by atoms with Crippen LogP contribution in [0.5, 0.6) is 0 Å². The van der Waals surface area contributed by atoms with E-state index in [9.17, 15) is 9.59 Å². The van der Waals surface area contributed by atoms with Crippen molar-refractivity contribution >= 4 is 11.9 Å². The third-order valence-corrected chi connectivity index (χ3v) is 3.85. The first kappa shape index (κ1) is 15.0.